The Morgan fingerprint density at radius 1 is 0.741 bits per heavy atom. The second kappa shape index (κ2) is 25.8. The Balaban J connectivity index is 1.02. The number of aliphatic hydroxyl groups excluding tert-OH is 4. The predicted molar refractivity (Wildman–Crippen MR) is 304 cm³/mol. The van der Waals surface area contributed by atoms with Gasteiger partial charge in [0.05, 0.1) is 68.1 Å². The van der Waals surface area contributed by atoms with Crippen LogP contribution < -0.4 is 11.1 Å². The van der Waals surface area contributed by atoms with Crippen molar-refractivity contribution >= 4 is 23.8 Å². The van der Waals surface area contributed by atoms with E-state index >= 15 is 4.79 Å². The third kappa shape index (κ3) is 12.9. The molecule has 85 heavy (non-hydrogen) atoms. The molecule has 22 nitrogen and oxygen atoms in total. The number of esters is 2. The lowest BCUT2D eigenvalue weighted by atomic mass is 9.49. The van der Waals surface area contributed by atoms with Gasteiger partial charge >= 0.3 is 18.0 Å². The van der Waals surface area contributed by atoms with Gasteiger partial charge in [0.2, 0.25) is 5.78 Å². The Labute approximate surface area is 499 Å². The van der Waals surface area contributed by atoms with E-state index in [1.807, 2.05) is 52.8 Å². The van der Waals surface area contributed by atoms with Gasteiger partial charge in [-0.15, -0.1) is 0 Å². The number of aliphatic hydroxyl groups is 4. The number of fused-ring (bicyclic) bond motifs is 4. The number of nitrogens with one attached hydrogen (secondary N) is 1. The number of carbonyl (C=O) groups is 4. The summed E-state index contributed by atoms with van der Waals surface area (Å²) < 4.78 is 74.0. The molecule has 6 fully saturated rings. The van der Waals surface area contributed by atoms with Gasteiger partial charge in [0.25, 0.3) is 0 Å². The fourth-order valence-electron chi connectivity index (χ4n) is 15.9. The van der Waals surface area contributed by atoms with Crippen LogP contribution in [0.25, 0.3) is 0 Å². The van der Waals surface area contributed by atoms with Crippen LogP contribution in [-0.4, -0.2) is 181 Å². The van der Waals surface area contributed by atoms with Crippen LogP contribution in [0.15, 0.2) is 58.4 Å². The number of Topliss-reactive ketones (excluding diaryl/α,β-unsaturated/α-hetero) is 1. The van der Waals surface area contributed by atoms with Gasteiger partial charge in [0.1, 0.15) is 36.3 Å². The quantitative estimate of drug-likeness (QED) is 0.0580. The lowest BCUT2D eigenvalue weighted by molar-refractivity contribution is -0.335. The van der Waals surface area contributed by atoms with Crippen LogP contribution in [-0.2, 0) is 71.2 Å². The van der Waals surface area contributed by atoms with Crippen molar-refractivity contribution in [2.45, 2.75) is 244 Å². The highest BCUT2D eigenvalue weighted by atomic mass is 16.7. The molecule has 0 radical (unpaired) electrons. The number of methoxy groups -OCH3 is 2. The van der Waals surface area contributed by atoms with E-state index in [0.717, 1.165) is 11.1 Å². The Hall–Kier alpha value is -4.14. The van der Waals surface area contributed by atoms with Crippen molar-refractivity contribution in [1.82, 2.24) is 5.32 Å². The summed E-state index contributed by atoms with van der Waals surface area (Å²) in [5.41, 5.74) is 4.69. The Bertz CT molecular complexity index is 2610. The second-order valence-corrected chi connectivity index (χ2v) is 26.5. The topological polar surface area (TPSA) is 298 Å². The number of allylic oxidation sites excluding steroid dienone is 3. The molecule has 5 saturated heterocycles. The summed E-state index contributed by atoms with van der Waals surface area (Å²) in [6, 6.07) is -0.610. The van der Waals surface area contributed by atoms with Crippen molar-refractivity contribution < 1.29 is 96.4 Å². The van der Waals surface area contributed by atoms with Gasteiger partial charge in [0.15, 0.2) is 30.8 Å². The lowest BCUT2D eigenvalue weighted by Crippen LogP contribution is -2.66. The SMILES string of the molecule is COC(=O)NC1C(C)OC(OC2CC=C(C)C3C=CC4C(OC5CC(OC6CC(O)C(OC7CC(O)C(OC)C(C)O7)C(C)O6)C(O)C(C)O5)C(C)CC(C)C4C3(C)C(O)=C3C(=O)OC4(CC(C)C(COC(C)=O)=CC4C=C2C)C3=O)CC1(C)N. The number of ketones is 1. The third-order valence-corrected chi connectivity index (χ3v) is 20.2. The highest BCUT2D eigenvalue weighted by molar-refractivity contribution is 6.26. The first-order valence-electron chi connectivity index (χ1n) is 30.5. The summed E-state index contributed by atoms with van der Waals surface area (Å²) >= 11 is 0. The molecule has 27 unspecified atom stereocenters. The van der Waals surface area contributed by atoms with E-state index in [1.165, 1.54) is 21.1 Å². The van der Waals surface area contributed by atoms with Crippen molar-refractivity contribution in [3.05, 3.63) is 58.4 Å². The maximum atomic E-state index is 15.7. The third-order valence-electron chi connectivity index (χ3n) is 20.2. The van der Waals surface area contributed by atoms with Crippen LogP contribution in [0, 0.1) is 46.8 Å². The average molecular weight is 1200 g/mol. The van der Waals surface area contributed by atoms with E-state index in [1.54, 1.807) is 27.7 Å². The molecule has 1 spiro atoms. The summed E-state index contributed by atoms with van der Waals surface area (Å²) in [6.07, 6.45) is -1.43. The number of amides is 1. The van der Waals surface area contributed by atoms with Crippen molar-refractivity contribution in [2.24, 2.45) is 52.6 Å². The molecule has 5 aliphatic heterocycles. The largest absolute Gasteiger partial charge is 0.511 e. The van der Waals surface area contributed by atoms with E-state index in [4.69, 9.17) is 62.6 Å². The molecule has 0 aromatic heterocycles. The summed E-state index contributed by atoms with van der Waals surface area (Å²) in [7, 11) is 2.79. The minimum absolute atomic E-state index is 0.0255. The minimum Gasteiger partial charge on any atom is -0.511 e. The molecule has 0 aromatic carbocycles. The van der Waals surface area contributed by atoms with Crippen molar-refractivity contribution in [3.8, 4) is 0 Å². The van der Waals surface area contributed by atoms with E-state index < -0.39 is 174 Å². The smallest absolute Gasteiger partial charge is 0.407 e. The van der Waals surface area contributed by atoms with Crippen LogP contribution in [0.2, 0.25) is 0 Å². The number of alkyl carbamates (subject to hydrolysis) is 1. The van der Waals surface area contributed by atoms with Gasteiger partial charge in [-0.1, -0.05) is 63.6 Å². The monoisotopic (exact) mass is 1200 g/mol. The standard InChI is InChI=1S/C63H94N2O20/c1-28-15-18-44(81-49-26-61(11,64)56(36(9)80-49)65-60(73)75-14)29(2)20-39-21-38(27-76-37(10)66)32(5)25-63(39)58(71)50(59(72)85-63)57(70)62(12)41(28)17-16-40-51(62)30(3)19-31(4)53(40)83-48-24-45(52(69)33(6)77-48)82-46-23-43(68)55(35(8)79-46)84-47-22-42(67)54(74-13)34(7)78-47/h15-17,20-21,30-36,39-49,51-56,67-70H,18-19,22-27,64H2,1-14H3,(H,65,73). The Morgan fingerprint density at radius 3 is 2.00 bits per heavy atom. The molecule has 0 aromatic rings. The van der Waals surface area contributed by atoms with Gasteiger partial charge in [0, 0.05) is 74.8 Å². The second-order valence-electron chi connectivity index (χ2n) is 26.5. The molecule has 7 N–H and O–H groups in total. The van der Waals surface area contributed by atoms with Gasteiger partial charge in [-0.3, -0.25) is 9.59 Å². The van der Waals surface area contributed by atoms with Crippen LogP contribution >= 0.6 is 0 Å². The van der Waals surface area contributed by atoms with Crippen LogP contribution in [0.4, 0.5) is 4.79 Å². The number of hydrogen-bond acceptors (Lipinski definition) is 21. The molecule has 4 aliphatic carbocycles. The highest BCUT2D eigenvalue weighted by Gasteiger charge is 2.64. The summed E-state index contributed by atoms with van der Waals surface area (Å²) in [5.74, 6) is -5.23. The normalized spacial score (nSPS) is 46.8. The minimum atomic E-state index is -1.79. The van der Waals surface area contributed by atoms with Crippen molar-refractivity contribution in [1.29, 1.82) is 0 Å². The zero-order valence-corrected chi connectivity index (χ0v) is 51.8. The summed E-state index contributed by atoms with van der Waals surface area (Å²) in [6.45, 7) is 22.1. The maximum absolute atomic E-state index is 15.7. The van der Waals surface area contributed by atoms with Crippen molar-refractivity contribution in [2.75, 3.05) is 20.8 Å². The number of nitrogens with two attached hydrogens (primary N) is 1. The zero-order chi connectivity index (χ0) is 61.9. The molecule has 5 heterocycles. The molecular formula is C63H94N2O20. The van der Waals surface area contributed by atoms with Gasteiger partial charge in [-0.25, -0.2) is 9.59 Å². The first-order valence-corrected chi connectivity index (χ1v) is 30.5. The Kier molecular flexibility index (Phi) is 19.8. The fraction of sp³-hybridized carbons (Fsp3) is 0.778. The molecule has 9 aliphatic rings. The van der Waals surface area contributed by atoms with Gasteiger partial charge in [-0.2, -0.15) is 0 Å². The molecule has 2 bridgehead atoms. The first-order chi connectivity index (χ1) is 40.0. The van der Waals surface area contributed by atoms with Crippen LogP contribution in [0.1, 0.15) is 128 Å². The van der Waals surface area contributed by atoms with Crippen molar-refractivity contribution in [3.63, 3.8) is 0 Å². The molecule has 1 amide bonds. The first kappa shape index (κ1) is 65.3. The fourth-order valence-corrected chi connectivity index (χ4v) is 15.9. The van der Waals surface area contributed by atoms with E-state index in [2.05, 4.69) is 31.3 Å². The van der Waals surface area contributed by atoms with Crippen LogP contribution in [0.3, 0.4) is 0 Å². The number of ether oxygens (including phenoxy) is 12. The van der Waals surface area contributed by atoms with Gasteiger partial charge in [-0.05, 0) is 96.1 Å². The molecule has 22 heteroatoms. The summed E-state index contributed by atoms with van der Waals surface area (Å²) in [5, 5.41) is 49.8. The lowest BCUT2D eigenvalue weighted by Gasteiger charge is -2.56. The van der Waals surface area contributed by atoms with E-state index in [0.29, 0.717) is 18.4 Å². The zero-order valence-electron chi connectivity index (χ0n) is 51.8. The number of carbonyl (C=O) groups excluding carboxylic acids is 4. The molecule has 476 valence electrons. The average Bonchev–Trinajstić information content (AvgIpc) is 1.71. The molecular weight excluding hydrogens is 1100 g/mol. The molecule has 27 atom stereocenters. The molecule has 1 saturated carbocycles. The van der Waals surface area contributed by atoms with Gasteiger partial charge < -0.3 is 88.3 Å². The van der Waals surface area contributed by atoms with E-state index in [9.17, 15) is 34.8 Å². The highest BCUT2D eigenvalue weighted by Crippen LogP contribution is 2.61. The van der Waals surface area contributed by atoms with Crippen LogP contribution in [0.5, 0.6) is 0 Å². The van der Waals surface area contributed by atoms with E-state index in [-0.39, 0.29) is 62.2 Å². The maximum Gasteiger partial charge on any atom is 0.407 e. The Morgan fingerprint density at radius 2 is 1.36 bits per heavy atom. The number of hydrogen-bond donors (Lipinski definition) is 6. The number of rotatable bonds is 12. The predicted octanol–water partition coefficient (Wildman–Crippen LogP) is 5.83. The molecule has 9 rings (SSSR count). The summed E-state index contributed by atoms with van der Waals surface area (Å²) in [4.78, 5) is 55.1.